The summed E-state index contributed by atoms with van der Waals surface area (Å²) in [6.45, 7) is 2.06. The molecule has 3 aromatic rings. The molecule has 90 valence electrons. The molecule has 0 amide bonds. The Balaban J connectivity index is 2.26. The van der Waals surface area contributed by atoms with Gasteiger partial charge in [0.2, 0.25) is 0 Å². The van der Waals surface area contributed by atoms with Gasteiger partial charge in [0.05, 0.1) is 15.8 Å². The Hall–Kier alpha value is -1.14. The van der Waals surface area contributed by atoms with Gasteiger partial charge in [0.15, 0.2) is 0 Å². The number of nitrogens with zero attached hydrogens (tertiary/aromatic N) is 1. The number of aromatic nitrogens is 1. The van der Waals surface area contributed by atoms with Gasteiger partial charge in [0.25, 0.3) is 0 Å². The lowest BCUT2D eigenvalue weighted by atomic mass is 10.2. The summed E-state index contributed by atoms with van der Waals surface area (Å²) in [7, 11) is 0. The highest BCUT2D eigenvalue weighted by Crippen LogP contribution is 2.36. The minimum absolute atomic E-state index is 0.284. The summed E-state index contributed by atoms with van der Waals surface area (Å²) in [5.41, 5.74) is 3.00. The molecule has 0 radical (unpaired) electrons. The zero-order valence-corrected chi connectivity index (χ0v) is 12.6. The van der Waals surface area contributed by atoms with Gasteiger partial charge in [-0.05, 0) is 59.3 Å². The first kappa shape index (κ1) is 11.9. The van der Waals surface area contributed by atoms with Gasteiger partial charge in [-0.2, -0.15) is 0 Å². The van der Waals surface area contributed by atoms with Crippen molar-refractivity contribution >= 4 is 44.1 Å². The predicted molar refractivity (Wildman–Crippen MR) is 84.2 cm³/mol. The quantitative estimate of drug-likeness (QED) is 0.639. The SMILES string of the molecule is Cc1cccc2sc(-c3cc(I)ccc3O)nc12. The number of benzene rings is 2. The molecule has 1 aromatic heterocycles. The van der Waals surface area contributed by atoms with Gasteiger partial charge in [0.1, 0.15) is 10.8 Å². The van der Waals surface area contributed by atoms with Crippen LogP contribution in [0.4, 0.5) is 0 Å². The Morgan fingerprint density at radius 2 is 2.06 bits per heavy atom. The summed E-state index contributed by atoms with van der Waals surface area (Å²) in [4.78, 5) is 4.64. The Bertz CT molecular complexity index is 736. The molecule has 0 atom stereocenters. The van der Waals surface area contributed by atoms with Crippen molar-refractivity contribution in [3.8, 4) is 16.3 Å². The van der Waals surface area contributed by atoms with Crippen molar-refractivity contribution in [2.75, 3.05) is 0 Å². The van der Waals surface area contributed by atoms with E-state index < -0.39 is 0 Å². The molecule has 4 heteroatoms. The van der Waals surface area contributed by atoms with Crippen molar-refractivity contribution in [1.82, 2.24) is 4.98 Å². The largest absolute Gasteiger partial charge is 0.507 e. The van der Waals surface area contributed by atoms with E-state index in [0.29, 0.717) is 0 Å². The molecular weight excluding hydrogens is 357 g/mol. The number of rotatable bonds is 1. The Morgan fingerprint density at radius 1 is 1.22 bits per heavy atom. The van der Waals surface area contributed by atoms with Crippen LogP contribution in [0.3, 0.4) is 0 Å². The fourth-order valence-corrected chi connectivity index (χ4v) is 3.44. The normalized spacial score (nSPS) is 11.0. The van der Waals surface area contributed by atoms with E-state index >= 15 is 0 Å². The zero-order valence-electron chi connectivity index (χ0n) is 9.64. The van der Waals surface area contributed by atoms with Gasteiger partial charge in [0, 0.05) is 3.57 Å². The molecule has 0 unspecified atom stereocenters. The number of hydrogen-bond donors (Lipinski definition) is 1. The maximum Gasteiger partial charge on any atom is 0.128 e. The van der Waals surface area contributed by atoms with E-state index in [-0.39, 0.29) is 5.75 Å². The fraction of sp³-hybridized carbons (Fsp3) is 0.0714. The second-order valence-corrected chi connectivity index (χ2v) is 6.38. The molecule has 3 rings (SSSR count). The highest BCUT2D eigenvalue weighted by molar-refractivity contribution is 14.1. The van der Waals surface area contributed by atoms with Crippen LogP contribution in [0.2, 0.25) is 0 Å². The van der Waals surface area contributed by atoms with Gasteiger partial charge < -0.3 is 5.11 Å². The van der Waals surface area contributed by atoms with Crippen molar-refractivity contribution in [2.24, 2.45) is 0 Å². The number of fused-ring (bicyclic) bond motifs is 1. The monoisotopic (exact) mass is 367 g/mol. The Morgan fingerprint density at radius 3 is 2.83 bits per heavy atom. The number of aromatic hydroxyl groups is 1. The lowest BCUT2D eigenvalue weighted by molar-refractivity contribution is 0.477. The number of hydrogen-bond acceptors (Lipinski definition) is 3. The van der Waals surface area contributed by atoms with Crippen LogP contribution < -0.4 is 0 Å². The molecule has 0 spiro atoms. The van der Waals surface area contributed by atoms with Crippen LogP contribution in [0, 0.1) is 10.5 Å². The number of aryl methyl sites for hydroxylation is 1. The number of phenolic OH excluding ortho intramolecular Hbond substituents is 1. The Kier molecular flexibility index (Phi) is 2.99. The van der Waals surface area contributed by atoms with E-state index in [2.05, 4.69) is 46.6 Å². The molecule has 0 aliphatic carbocycles. The van der Waals surface area contributed by atoms with Gasteiger partial charge >= 0.3 is 0 Å². The highest BCUT2D eigenvalue weighted by Gasteiger charge is 2.11. The zero-order chi connectivity index (χ0) is 12.7. The molecule has 0 saturated heterocycles. The van der Waals surface area contributed by atoms with Crippen molar-refractivity contribution < 1.29 is 5.11 Å². The van der Waals surface area contributed by atoms with E-state index in [1.54, 1.807) is 17.4 Å². The van der Waals surface area contributed by atoms with E-state index in [4.69, 9.17) is 0 Å². The maximum atomic E-state index is 9.95. The summed E-state index contributed by atoms with van der Waals surface area (Å²) in [6, 6.07) is 11.7. The minimum atomic E-state index is 0.284. The molecule has 1 N–H and O–H groups in total. The summed E-state index contributed by atoms with van der Waals surface area (Å²) < 4.78 is 2.25. The van der Waals surface area contributed by atoms with Crippen LogP contribution >= 0.6 is 33.9 Å². The lowest BCUT2D eigenvalue weighted by Crippen LogP contribution is -1.80. The van der Waals surface area contributed by atoms with Gasteiger partial charge in [-0.3, -0.25) is 0 Å². The lowest BCUT2D eigenvalue weighted by Gasteiger charge is -2.00. The molecule has 0 fully saturated rings. The molecule has 2 aromatic carbocycles. The van der Waals surface area contributed by atoms with E-state index in [0.717, 1.165) is 24.4 Å². The third kappa shape index (κ3) is 1.99. The number of para-hydroxylation sites is 1. The molecule has 2 nitrogen and oxygen atoms in total. The first-order valence-corrected chi connectivity index (χ1v) is 7.40. The first-order chi connectivity index (χ1) is 8.65. The van der Waals surface area contributed by atoms with Crippen LogP contribution in [0.25, 0.3) is 20.8 Å². The summed E-state index contributed by atoms with van der Waals surface area (Å²) in [6.07, 6.45) is 0. The fourth-order valence-electron chi connectivity index (χ4n) is 1.88. The summed E-state index contributed by atoms with van der Waals surface area (Å²) in [5, 5.41) is 10.8. The predicted octanol–water partition coefficient (Wildman–Crippen LogP) is 4.58. The van der Waals surface area contributed by atoms with Gasteiger partial charge in [-0.25, -0.2) is 4.98 Å². The third-order valence-corrected chi connectivity index (χ3v) is 4.53. The van der Waals surface area contributed by atoms with E-state index in [1.165, 1.54) is 5.56 Å². The number of phenols is 1. The average Bonchev–Trinajstić information content (AvgIpc) is 2.77. The van der Waals surface area contributed by atoms with Crippen LogP contribution in [0.5, 0.6) is 5.75 Å². The van der Waals surface area contributed by atoms with Crippen molar-refractivity contribution in [1.29, 1.82) is 0 Å². The second-order valence-electron chi connectivity index (χ2n) is 4.10. The number of halogens is 1. The third-order valence-electron chi connectivity index (χ3n) is 2.81. The molecule has 18 heavy (non-hydrogen) atoms. The van der Waals surface area contributed by atoms with Crippen molar-refractivity contribution in [3.63, 3.8) is 0 Å². The van der Waals surface area contributed by atoms with Crippen molar-refractivity contribution in [2.45, 2.75) is 6.92 Å². The molecule has 0 aliphatic rings. The summed E-state index contributed by atoms with van der Waals surface area (Å²) >= 11 is 3.85. The first-order valence-electron chi connectivity index (χ1n) is 5.50. The smallest absolute Gasteiger partial charge is 0.128 e. The van der Waals surface area contributed by atoms with E-state index in [1.807, 2.05) is 18.2 Å². The van der Waals surface area contributed by atoms with Crippen LogP contribution in [-0.4, -0.2) is 10.1 Å². The number of thiazole rings is 1. The topological polar surface area (TPSA) is 33.1 Å². The Labute approximate surface area is 122 Å². The highest BCUT2D eigenvalue weighted by atomic mass is 127. The maximum absolute atomic E-state index is 9.95. The van der Waals surface area contributed by atoms with Crippen LogP contribution in [-0.2, 0) is 0 Å². The summed E-state index contributed by atoms with van der Waals surface area (Å²) in [5.74, 6) is 0.284. The van der Waals surface area contributed by atoms with Gasteiger partial charge in [-0.1, -0.05) is 12.1 Å². The molecule has 1 heterocycles. The van der Waals surface area contributed by atoms with Crippen LogP contribution in [0.15, 0.2) is 36.4 Å². The van der Waals surface area contributed by atoms with Gasteiger partial charge in [-0.15, -0.1) is 11.3 Å². The minimum Gasteiger partial charge on any atom is -0.507 e. The van der Waals surface area contributed by atoms with E-state index in [9.17, 15) is 5.11 Å². The van der Waals surface area contributed by atoms with Crippen molar-refractivity contribution in [3.05, 3.63) is 45.5 Å². The molecule has 0 aliphatic heterocycles. The second kappa shape index (κ2) is 4.51. The molecule has 0 bridgehead atoms. The molecular formula is C14H10INOS. The van der Waals surface area contributed by atoms with Crippen LogP contribution in [0.1, 0.15) is 5.56 Å². The molecule has 0 saturated carbocycles. The average molecular weight is 367 g/mol. The standard InChI is InChI=1S/C14H10INOS/c1-8-3-2-4-12-13(8)16-14(18-12)10-7-9(15)5-6-11(10)17/h2-7,17H,1H3.